The molecule has 0 unspecified atom stereocenters. The summed E-state index contributed by atoms with van der Waals surface area (Å²) in [6.07, 6.45) is 7.72. The number of benzene rings is 2. The minimum absolute atomic E-state index is 0.0202. The van der Waals surface area contributed by atoms with Crippen molar-refractivity contribution in [3.8, 4) is 22.5 Å². The second kappa shape index (κ2) is 14.4. The Morgan fingerprint density at radius 3 is 2.09 bits per heavy atom. The average Bonchev–Trinajstić information content (AvgIpc) is 3.57. The average molecular weight is 639 g/mol. The highest BCUT2D eigenvalue weighted by Crippen LogP contribution is 2.31. The van der Waals surface area contributed by atoms with Gasteiger partial charge < -0.3 is 15.3 Å². The number of hydrogen-bond acceptors (Lipinski definition) is 7. The maximum absolute atomic E-state index is 13.3. The van der Waals surface area contributed by atoms with Crippen LogP contribution in [0.3, 0.4) is 0 Å². The number of carboxylic acids is 1. The predicted molar refractivity (Wildman–Crippen MR) is 183 cm³/mol. The van der Waals surface area contributed by atoms with E-state index in [-0.39, 0.29) is 24.0 Å². The fraction of sp³-hybridized carbons (Fsp3) is 0.378. The lowest BCUT2D eigenvalue weighted by molar-refractivity contribution is -0.141. The first-order valence-electron chi connectivity index (χ1n) is 15.9. The number of rotatable bonds is 11. The molecule has 4 aromatic rings. The lowest BCUT2D eigenvalue weighted by Crippen LogP contribution is -2.42. The molecule has 2 atom stereocenters. The first-order valence-corrected chi connectivity index (χ1v) is 16.7. The Morgan fingerprint density at radius 2 is 1.50 bits per heavy atom. The molecule has 2 aromatic heterocycles. The van der Waals surface area contributed by atoms with Crippen LogP contribution in [0, 0.1) is 5.92 Å². The number of aliphatic carboxylic acids is 1. The molecule has 0 aliphatic carbocycles. The van der Waals surface area contributed by atoms with Gasteiger partial charge in [-0.15, -0.1) is 11.3 Å². The number of nitrogens with one attached hydrogen (secondary N) is 1. The number of piperidine rings is 1. The first kappa shape index (κ1) is 33.0. The molecule has 2 aromatic carbocycles. The van der Waals surface area contributed by atoms with Crippen LogP contribution in [-0.2, 0) is 21.4 Å². The summed E-state index contributed by atoms with van der Waals surface area (Å²) in [5.41, 5.74) is 4.87. The van der Waals surface area contributed by atoms with Gasteiger partial charge in [-0.25, -0.2) is 9.97 Å². The monoisotopic (exact) mass is 638 g/mol. The van der Waals surface area contributed by atoms with Crippen LogP contribution >= 0.6 is 11.3 Å². The number of hydrogen-bond donors (Lipinski definition) is 2. The van der Waals surface area contributed by atoms with Crippen molar-refractivity contribution in [1.82, 2.24) is 15.3 Å². The SMILES string of the molecule is C[C@@H](NC(=O)[C@@H](CC(=O)c1ccc(C(C)(C)C)s1)Cc1ccc(-c2ncc(-c3ccc(N4CCCCC4)cc3)cn2)cc1)C(=O)O. The third-order valence-electron chi connectivity index (χ3n) is 8.42. The number of anilines is 1. The fourth-order valence-electron chi connectivity index (χ4n) is 5.58. The maximum Gasteiger partial charge on any atom is 0.325 e. The van der Waals surface area contributed by atoms with E-state index in [4.69, 9.17) is 0 Å². The Balaban J connectivity index is 1.27. The van der Waals surface area contributed by atoms with E-state index in [2.05, 4.69) is 65.2 Å². The number of nitrogens with zero attached hydrogens (tertiary/aromatic N) is 3. The summed E-state index contributed by atoms with van der Waals surface area (Å²) in [6.45, 7) is 9.91. The predicted octanol–water partition coefficient (Wildman–Crippen LogP) is 7.18. The Kier molecular flexibility index (Phi) is 10.3. The molecule has 1 aliphatic rings. The molecule has 0 radical (unpaired) electrons. The van der Waals surface area contributed by atoms with Gasteiger partial charge in [0.15, 0.2) is 11.6 Å². The van der Waals surface area contributed by atoms with Crippen molar-refractivity contribution in [2.45, 2.75) is 71.3 Å². The highest BCUT2D eigenvalue weighted by Gasteiger charge is 2.27. The minimum Gasteiger partial charge on any atom is -0.480 e. The number of carbonyl (C=O) groups is 3. The summed E-state index contributed by atoms with van der Waals surface area (Å²) in [4.78, 5) is 51.2. The van der Waals surface area contributed by atoms with Gasteiger partial charge in [-0.2, -0.15) is 0 Å². The van der Waals surface area contributed by atoms with E-state index in [0.717, 1.165) is 40.2 Å². The topological polar surface area (TPSA) is 112 Å². The van der Waals surface area contributed by atoms with Crippen LogP contribution in [0.4, 0.5) is 5.69 Å². The molecule has 8 nitrogen and oxygen atoms in total. The van der Waals surface area contributed by atoms with E-state index < -0.39 is 23.8 Å². The zero-order valence-corrected chi connectivity index (χ0v) is 27.8. The van der Waals surface area contributed by atoms with Crippen LogP contribution in [0.25, 0.3) is 22.5 Å². The van der Waals surface area contributed by atoms with Crippen molar-refractivity contribution >= 4 is 34.7 Å². The lowest BCUT2D eigenvalue weighted by atomic mass is 9.92. The van der Waals surface area contributed by atoms with Gasteiger partial charge in [-0.1, -0.05) is 57.2 Å². The van der Waals surface area contributed by atoms with Gasteiger partial charge in [-0.3, -0.25) is 14.4 Å². The number of ketones is 1. The molecule has 0 bridgehead atoms. The number of thiophene rings is 1. The fourth-order valence-corrected chi connectivity index (χ4v) is 6.60. The molecule has 1 amide bonds. The second-order valence-corrected chi connectivity index (χ2v) is 14.2. The molecule has 1 fully saturated rings. The Hall–Kier alpha value is -4.37. The van der Waals surface area contributed by atoms with Crippen molar-refractivity contribution < 1.29 is 19.5 Å². The standard InChI is InChI=1S/C37H42N4O4S/c1-24(36(44)45)40-35(43)28(21-31(42)32-16-17-33(46-32)37(2,3)4)20-25-8-10-27(11-9-25)34-38-22-29(23-39-34)26-12-14-30(15-13-26)41-18-6-5-7-19-41/h8-17,22-24,28H,5-7,18-21H2,1-4H3,(H,40,43)(H,44,45)/t24-,28-/m1/s1. The summed E-state index contributed by atoms with van der Waals surface area (Å²) >= 11 is 1.44. The van der Waals surface area contributed by atoms with Crippen LogP contribution in [0.2, 0.25) is 0 Å². The molecule has 1 saturated heterocycles. The highest BCUT2D eigenvalue weighted by atomic mass is 32.1. The second-order valence-electron chi connectivity index (χ2n) is 13.1. The van der Waals surface area contributed by atoms with Crippen molar-refractivity contribution in [3.05, 3.63) is 88.4 Å². The molecule has 1 aliphatic heterocycles. The number of Topliss-reactive ketones (excluding diaryl/α,β-unsaturated/α-hetero) is 1. The van der Waals surface area contributed by atoms with E-state index in [1.165, 1.54) is 43.2 Å². The summed E-state index contributed by atoms with van der Waals surface area (Å²) in [6, 6.07) is 18.9. The third kappa shape index (κ3) is 8.26. The summed E-state index contributed by atoms with van der Waals surface area (Å²) < 4.78 is 0. The molecule has 46 heavy (non-hydrogen) atoms. The number of carboxylic acid groups (broad SMARTS) is 1. The molecule has 2 N–H and O–H groups in total. The third-order valence-corrected chi connectivity index (χ3v) is 9.97. The van der Waals surface area contributed by atoms with Gasteiger partial charge in [0.25, 0.3) is 0 Å². The largest absolute Gasteiger partial charge is 0.480 e. The van der Waals surface area contributed by atoms with Crippen LogP contribution < -0.4 is 10.2 Å². The molecule has 9 heteroatoms. The maximum atomic E-state index is 13.3. The quantitative estimate of drug-likeness (QED) is 0.167. The molecule has 0 saturated carbocycles. The smallest absolute Gasteiger partial charge is 0.325 e. The zero-order chi connectivity index (χ0) is 32.8. The van der Waals surface area contributed by atoms with Crippen LogP contribution in [-0.4, -0.2) is 51.9 Å². The van der Waals surface area contributed by atoms with E-state index in [1.54, 1.807) is 0 Å². The van der Waals surface area contributed by atoms with Crippen LogP contribution in [0.5, 0.6) is 0 Å². The summed E-state index contributed by atoms with van der Waals surface area (Å²) in [5, 5.41) is 11.9. The number of amides is 1. The van der Waals surface area contributed by atoms with Gasteiger partial charge in [-0.05, 0) is 73.4 Å². The molecular formula is C37H42N4O4S. The van der Waals surface area contributed by atoms with Crippen molar-refractivity contribution in [3.63, 3.8) is 0 Å². The summed E-state index contributed by atoms with van der Waals surface area (Å²) in [5.74, 6) is -1.85. The molecule has 3 heterocycles. The Morgan fingerprint density at radius 1 is 0.870 bits per heavy atom. The minimum atomic E-state index is -1.13. The van der Waals surface area contributed by atoms with Gasteiger partial charge in [0, 0.05) is 59.5 Å². The van der Waals surface area contributed by atoms with Crippen molar-refractivity contribution in [2.24, 2.45) is 5.92 Å². The van der Waals surface area contributed by atoms with E-state index in [9.17, 15) is 19.5 Å². The Labute approximate surface area is 274 Å². The van der Waals surface area contributed by atoms with Crippen molar-refractivity contribution in [2.75, 3.05) is 18.0 Å². The van der Waals surface area contributed by atoms with Crippen LogP contribution in [0.1, 0.15) is 73.5 Å². The lowest BCUT2D eigenvalue weighted by Gasteiger charge is -2.28. The van der Waals surface area contributed by atoms with Gasteiger partial charge >= 0.3 is 5.97 Å². The number of aromatic nitrogens is 2. The Bertz CT molecular complexity index is 1650. The van der Waals surface area contributed by atoms with Gasteiger partial charge in [0.05, 0.1) is 4.88 Å². The molecule has 5 rings (SSSR count). The molecular weight excluding hydrogens is 596 g/mol. The number of carbonyl (C=O) groups excluding carboxylic acids is 2. The summed E-state index contributed by atoms with van der Waals surface area (Å²) in [7, 11) is 0. The van der Waals surface area contributed by atoms with Gasteiger partial charge in [0.1, 0.15) is 6.04 Å². The first-order chi connectivity index (χ1) is 22.0. The molecule has 0 spiro atoms. The zero-order valence-electron chi connectivity index (χ0n) is 27.0. The highest BCUT2D eigenvalue weighted by molar-refractivity contribution is 7.14. The molecule has 240 valence electrons. The van der Waals surface area contributed by atoms with Crippen LogP contribution in [0.15, 0.2) is 73.1 Å². The van der Waals surface area contributed by atoms with Gasteiger partial charge in [0.2, 0.25) is 5.91 Å². The van der Waals surface area contributed by atoms with E-state index >= 15 is 0 Å². The normalized spacial score (nSPS) is 14.8. The van der Waals surface area contributed by atoms with Crippen molar-refractivity contribution in [1.29, 1.82) is 0 Å². The van der Waals surface area contributed by atoms with E-state index in [1.807, 2.05) is 48.8 Å². The van der Waals surface area contributed by atoms with E-state index in [0.29, 0.717) is 10.7 Å².